The topological polar surface area (TPSA) is 132 Å². The number of amidine groups is 1. The number of nitrogens with zero attached hydrogens (tertiary/aromatic N) is 4. The van der Waals surface area contributed by atoms with Crippen molar-refractivity contribution in [2.24, 2.45) is 10.7 Å². The van der Waals surface area contributed by atoms with Crippen molar-refractivity contribution in [3.8, 4) is 16.9 Å². The van der Waals surface area contributed by atoms with Gasteiger partial charge in [-0.1, -0.05) is 0 Å². The smallest absolute Gasteiger partial charge is 0.406 e. The Morgan fingerprint density at radius 1 is 1.06 bits per heavy atom. The van der Waals surface area contributed by atoms with Gasteiger partial charge in [-0.3, -0.25) is 14.6 Å². The molecule has 0 atom stereocenters. The number of alkyl halides is 3. The fraction of sp³-hybridized carbons (Fsp3) is 0.457. The number of carbonyl (C=O) groups is 2. The average molecular weight is 681 g/mol. The van der Waals surface area contributed by atoms with E-state index in [4.69, 9.17) is 15.5 Å². The van der Waals surface area contributed by atoms with Crippen molar-refractivity contribution in [3.63, 3.8) is 0 Å². The zero-order valence-corrected chi connectivity index (χ0v) is 27.1. The van der Waals surface area contributed by atoms with Crippen LogP contribution in [0.1, 0.15) is 78.3 Å². The summed E-state index contributed by atoms with van der Waals surface area (Å²) in [6.07, 6.45) is -0.599. The molecule has 3 heterocycles. The zero-order chi connectivity index (χ0) is 34.7. The Morgan fingerprint density at radius 3 is 2.37 bits per heavy atom. The van der Waals surface area contributed by atoms with Crippen molar-refractivity contribution >= 4 is 23.3 Å². The van der Waals surface area contributed by atoms with E-state index in [1.54, 1.807) is 13.8 Å². The van der Waals surface area contributed by atoms with Gasteiger partial charge in [-0.15, -0.1) is 13.2 Å². The molecule has 14 heteroatoms. The molecule has 1 saturated heterocycles. The minimum atomic E-state index is -4.81. The number of nitrogens with one attached hydrogen (secondary N) is 1. The lowest BCUT2D eigenvalue weighted by atomic mass is 9.87. The second-order valence-corrected chi connectivity index (χ2v) is 13.3. The predicted molar refractivity (Wildman–Crippen MR) is 172 cm³/mol. The van der Waals surface area contributed by atoms with E-state index in [1.165, 1.54) is 24.3 Å². The minimum Gasteiger partial charge on any atom is -0.406 e. The van der Waals surface area contributed by atoms with Crippen LogP contribution in [0.25, 0.3) is 11.1 Å². The number of primary amides is 1. The minimum absolute atomic E-state index is 0.0697. The molecule has 3 aromatic rings. The van der Waals surface area contributed by atoms with E-state index in [0.717, 1.165) is 25.7 Å². The Kier molecular flexibility index (Phi) is 8.32. The van der Waals surface area contributed by atoms with Crippen molar-refractivity contribution in [3.05, 3.63) is 70.1 Å². The summed E-state index contributed by atoms with van der Waals surface area (Å²) in [7, 11) is 0. The first-order valence-electron chi connectivity index (χ1n) is 16.4. The Hall–Kier alpha value is -4.59. The lowest BCUT2D eigenvalue weighted by molar-refractivity contribution is -0.274. The molecule has 0 radical (unpaired) electrons. The van der Waals surface area contributed by atoms with Gasteiger partial charge >= 0.3 is 6.36 Å². The number of ether oxygens (including phenoxy) is 2. The first-order valence-corrected chi connectivity index (χ1v) is 16.4. The largest absolute Gasteiger partial charge is 0.573 e. The molecule has 0 bridgehead atoms. The van der Waals surface area contributed by atoms with Gasteiger partial charge in [0, 0.05) is 46.9 Å². The number of aryl methyl sites for hydroxylation is 2. The van der Waals surface area contributed by atoms with Crippen LogP contribution in [0.5, 0.6) is 5.75 Å². The van der Waals surface area contributed by atoms with E-state index < -0.39 is 23.6 Å². The third kappa shape index (κ3) is 6.96. The summed E-state index contributed by atoms with van der Waals surface area (Å²) in [6.45, 7) is 4.44. The molecule has 2 aliphatic carbocycles. The van der Waals surface area contributed by atoms with Gasteiger partial charge in [0.25, 0.3) is 5.91 Å². The van der Waals surface area contributed by atoms with E-state index in [9.17, 15) is 22.8 Å². The summed E-state index contributed by atoms with van der Waals surface area (Å²) in [5.74, 6) is -0.842. The fourth-order valence-corrected chi connectivity index (χ4v) is 6.85. The van der Waals surface area contributed by atoms with Crippen molar-refractivity contribution < 1.29 is 36.6 Å². The molecule has 7 rings (SSSR count). The summed E-state index contributed by atoms with van der Waals surface area (Å²) in [5, 5.41) is 2.90. The van der Waals surface area contributed by atoms with E-state index in [1.807, 2.05) is 11.0 Å². The highest BCUT2D eigenvalue weighted by atomic mass is 19.4. The van der Waals surface area contributed by atoms with Crippen molar-refractivity contribution in [1.82, 2.24) is 15.3 Å². The molecule has 49 heavy (non-hydrogen) atoms. The molecule has 2 amide bonds. The number of halogens is 4. The van der Waals surface area contributed by atoms with Crippen LogP contribution < -0.4 is 20.7 Å². The van der Waals surface area contributed by atoms with E-state index >= 15 is 4.39 Å². The molecule has 10 nitrogen and oxygen atoms in total. The average Bonchev–Trinajstić information content (AvgIpc) is 3.95. The summed E-state index contributed by atoms with van der Waals surface area (Å²) in [5.41, 5.74) is 9.00. The molecule has 2 aromatic carbocycles. The maximum atomic E-state index is 16.0. The number of aromatic nitrogens is 2. The van der Waals surface area contributed by atoms with Crippen LogP contribution in [-0.4, -0.2) is 58.7 Å². The Labute approximate surface area is 280 Å². The molecule has 0 unspecified atom stereocenters. The molecule has 3 N–H and O–H groups in total. The number of hydrogen-bond acceptors (Lipinski definition) is 8. The fourth-order valence-electron chi connectivity index (χ4n) is 6.85. The number of benzene rings is 2. The number of hydrogen-bond donors (Lipinski definition) is 2. The SMILES string of the molecule is Cc1nc(CC(N)=O)nc(C)c1-c1cc(F)c(COC2CC2)c(N2CCC3(CC2)N=C(c2ccc(OC(F)(F)F)cc2C2CC2)NC3=O)c1. The Morgan fingerprint density at radius 2 is 1.76 bits per heavy atom. The molecule has 1 aromatic heterocycles. The molecule has 2 saturated carbocycles. The summed E-state index contributed by atoms with van der Waals surface area (Å²) >= 11 is 0. The number of carbonyl (C=O) groups excluding carboxylic acids is 2. The summed E-state index contributed by atoms with van der Waals surface area (Å²) in [4.78, 5) is 40.8. The molecular formula is C35H36F4N6O4. The van der Waals surface area contributed by atoms with Gasteiger partial charge in [0.2, 0.25) is 5.91 Å². The second-order valence-electron chi connectivity index (χ2n) is 13.3. The Balaban J connectivity index is 1.17. The number of aliphatic imine (C=N–C) groups is 1. The third-order valence-corrected chi connectivity index (χ3v) is 9.54. The van der Waals surface area contributed by atoms with Gasteiger partial charge in [-0.25, -0.2) is 14.4 Å². The summed E-state index contributed by atoms with van der Waals surface area (Å²) in [6, 6.07) is 7.50. The van der Waals surface area contributed by atoms with Gasteiger partial charge in [-0.05, 0) is 99.7 Å². The zero-order valence-electron chi connectivity index (χ0n) is 27.1. The normalized spacial score (nSPS) is 18.9. The lowest BCUT2D eigenvalue weighted by Gasteiger charge is -2.38. The first kappa shape index (κ1) is 32.9. The van der Waals surface area contributed by atoms with E-state index in [0.29, 0.717) is 82.5 Å². The van der Waals surface area contributed by atoms with Gasteiger partial charge in [0.15, 0.2) is 0 Å². The molecule has 1 spiro atoms. The highest BCUT2D eigenvalue weighted by molar-refractivity contribution is 6.16. The molecule has 258 valence electrons. The van der Waals surface area contributed by atoms with Crippen LogP contribution in [-0.2, 0) is 27.4 Å². The lowest BCUT2D eigenvalue weighted by Crippen LogP contribution is -2.49. The van der Waals surface area contributed by atoms with Crippen LogP contribution in [0.2, 0.25) is 0 Å². The predicted octanol–water partition coefficient (Wildman–Crippen LogP) is 5.30. The molecule has 2 aliphatic heterocycles. The number of anilines is 1. The number of amides is 2. The van der Waals surface area contributed by atoms with Crippen molar-refractivity contribution in [2.75, 3.05) is 18.0 Å². The molecule has 4 aliphatic rings. The van der Waals surface area contributed by atoms with Crippen LogP contribution in [0.4, 0.5) is 23.2 Å². The van der Waals surface area contributed by atoms with Crippen LogP contribution in [0.3, 0.4) is 0 Å². The number of piperidine rings is 1. The van der Waals surface area contributed by atoms with Gasteiger partial charge in [0.05, 0.1) is 19.1 Å². The summed E-state index contributed by atoms with van der Waals surface area (Å²) < 4.78 is 64.8. The van der Waals surface area contributed by atoms with E-state index in [2.05, 4.69) is 20.0 Å². The first-order chi connectivity index (χ1) is 23.3. The van der Waals surface area contributed by atoms with E-state index in [-0.39, 0.29) is 36.7 Å². The number of rotatable bonds is 10. The van der Waals surface area contributed by atoms with Crippen LogP contribution >= 0.6 is 0 Å². The van der Waals surface area contributed by atoms with Crippen molar-refractivity contribution in [2.45, 2.75) is 89.3 Å². The quantitative estimate of drug-likeness (QED) is 0.278. The molecular weight excluding hydrogens is 644 g/mol. The number of nitrogens with two attached hydrogens (primary N) is 1. The highest BCUT2D eigenvalue weighted by Gasteiger charge is 2.47. The maximum absolute atomic E-state index is 16.0. The van der Waals surface area contributed by atoms with Gasteiger partial charge in [0.1, 0.15) is 28.8 Å². The second kappa shape index (κ2) is 12.4. The van der Waals surface area contributed by atoms with Gasteiger partial charge in [-0.2, -0.15) is 0 Å². The third-order valence-electron chi connectivity index (χ3n) is 9.54. The monoisotopic (exact) mass is 680 g/mol. The van der Waals surface area contributed by atoms with Crippen LogP contribution in [0, 0.1) is 19.7 Å². The standard InChI is InChI=1S/C35H36F4N6O4/c1-18-31(19(2)42-30(41-18)16-29(40)46)21-13-27(36)26(17-48-22-5-6-22)28(14-21)45-11-9-34(10-12-45)33(47)43-32(44-34)24-8-7-23(49-35(37,38)39)15-25(24)20-3-4-20/h7-8,13-15,20,22H,3-6,9-12,16-17H2,1-2H3,(H2,40,46)(H,43,44,47). The van der Waals surface area contributed by atoms with Crippen LogP contribution in [0.15, 0.2) is 35.3 Å². The molecule has 3 fully saturated rings. The highest BCUT2D eigenvalue weighted by Crippen LogP contribution is 2.45. The van der Waals surface area contributed by atoms with Gasteiger partial charge < -0.3 is 25.4 Å². The maximum Gasteiger partial charge on any atom is 0.573 e. The van der Waals surface area contributed by atoms with Crippen molar-refractivity contribution in [1.29, 1.82) is 0 Å². The Bertz CT molecular complexity index is 1840.